The van der Waals surface area contributed by atoms with Crippen LogP contribution in [-0.4, -0.2) is 49.0 Å². The Morgan fingerprint density at radius 2 is 1.61 bits per heavy atom. The monoisotopic (exact) mass is 325 g/mol. The topological polar surface area (TPSA) is 72.9 Å². The summed E-state index contributed by atoms with van der Waals surface area (Å²) in [5, 5.41) is 0. The van der Waals surface area contributed by atoms with E-state index in [-0.39, 0.29) is 41.6 Å². The zero-order valence-corrected chi connectivity index (χ0v) is 14.4. The fourth-order valence-corrected chi connectivity index (χ4v) is 4.13. The lowest BCUT2D eigenvalue weighted by Gasteiger charge is -2.50. The quantitative estimate of drug-likeness (QED) is 0.739. The summed E-state index contributed by atoms with van der Waals surface area (Å²) < 4.78 is 9.84. The number of methoxy groups -OCH3 is 2. The van der Waals surface area contributed by atoms with Crippen molar-refractivity contribution in [2.45, 2.75) is 58.0 Å². The molecule has 1 heterocycles. The van der Waals surface area contributed by atoms with Gasteiger partial charge in [0.15, 0.2) is 0 Å². The van der Waals surface area contributed by atoms with E-state index < -0.39 is 6.04 Å². The predicted molar refractivity (Wildman–Crippen MR) is 83.4 cm³/mol. The minimum absolute atomic E-state index is 0.0411. The highest BCUT2D eigenvalue weighted by molar-refractivity contribution is 5.86. The zero-order chi connectivity index (χ0) is 17.1. The summed E-state index contributed by atoms with van der Waals surface area (Å²) in [5.41, 5.74) is 0. The van der Waals surface area contributed by atoms with Crippen LogP contribution in [0.2, 0.25) is 0 Å². The maximum Gasteiger partial charge on any atom is 0.328 e. The summed E-state index contributed by atoms with van der Waals surface area (Å²) in [5.74, 6) is -0.912. The van der Waals surface area contributed by atoms with Gasteiger partial charge in [-0.1, -0.05) is 20.3 Å². The predicted octanol–water partition coefficient (Wildman–Crippen LogP) is 1.76. The Hall–Kier alpha value is -1.59. The van der Waals surface area contributed by atoms with Crippen molar-refractivity contribution in [2.24, 2.45) is 17.8 Å². The molecule has 2 rings (SSSR count). The maximum atomic E-state index is 12.7. The lowest BCUT2D eigenvalue weighted by Crippen LogP contribution is -2.60. The first kappa shape index (κ1) is 17.8. The van der Waals surface area contributed by atoms with Crippen LogP contribution >= 0.6 is 0 Å². The molecule has 1 saturated heterocycles. The molecule has 0 aromatic rings. The normalized spacial score (nSPS) is 30.6. The van der Waals surface area contributed by atoms with E-state index in [0.717, 1.165) is 25.7 Å². The van der Waals surface area contributed by atoms with Crippen LogP contribution in [0.15, 0.2) is 0 Å². The van der Waals surface area contributed by atoms with Gasteiger partial charge in [-0.3, -0.25) is 9.59 Å². The highest BCUT2D eigenvalue weighted by atomic mass is 16.5. The number of nitrogens with zero attached hydrogens (tertiary/aromatic N) is 1. The fraction of sp³-hybridized carbons (Fsp3) is 0.824. The van der Waals surface area contributed by atoms with E-state index in [1.807, 2.05) is 13.8 Å². The first-order valence-corrected chi connectivity index (χ1v) is 8.40. The van der Waals surface area contributed by atoms with Crippen molar-refractivity contribution < 1.29 is 23.9 Å². The summed E-state index contributed by atoms with van der Waals surface area (Å²) in [6.45, 7) is 3.67. The van der Waals surface area contributed by atoms with Crippen molar-refractivity contribution in [2.75, 3.05) is 14.2 Å². The van der Waals surface area contributed by atoms with Gasteiger partial charge in [-0.15, -0.1) is 0 Å². The number of hydrogen-bond acceptors (Lipinski definition) is 5. The summed E-state index contributed by atoms with van der Waals surface area (Å²) in [6.07, 6.45) is 3.76. The number of carbonyl (C=O) groups is 3. The van der Waals surface area contributed by atoms with Crippen LogP contribution in [0.3, 0.4) is 0 Å². The molecular weight excluding hydrogens is 298 g/mol. The largest absolute Gasteiger partial charge is 0.469 e. The van der Waals surface area contributed by atoms with Crippen LogP contribution in [0.4, 0.5) is 0 Å². The van der Waals surface area contributed by atoms with Gasteiger partial charge in [0.25, 0.3) is 0 Å². The molecule has 0 unspecified atom stereocenters. The molecule has 0 radical (unpaired) electrons. The molecule has 1 aliphatic carbocycles. The van der Waals surface area contributed by atoms with E-state index in [2.05, 4.69) is 0 Å². The fourth-order valence-electron chi connectivity index (χ4n) is 4.13. The second-order valence-corrected chi connectivity index (χ2v) is 6.81. The first-order chi connectivity index (χ1) is 10.9. The minimum atomic E-state index is -0.535. The van der Waals surface area contributed by atoms with Crippen molar-refractivity contribution in [1.29, 1.82) is 0 Å². The number of rotatable bonds is 3. The molecule has 6 nitrogen and oxygen atoms in total. The average molecular weight is 325 g/mol. The molecule has 0 aromatic carbocycles. The highest BCUT2D eigenvalue weighted by Gasteiger charge is 2.49. The lowest BCUT2D eigenvalue weighted by molar-refractivity contribution is -0.167. The van der Waals surface area contributed by atoms with E-state index in [9.17, 15) is 14.4 Å². The Morgan fingerprint density at radius 1 is 0.957 bits per heavy atom. The van der Waals surface area contributed by atoms with Crippen LogP contribution in [0.25, 0.3) is 0 Å². The van der Waals surface area contributed by atoms with Gasteiger partial charge < -0.3 is 14.4 Å². The molecule has 0 spiro atoms. The van der Waals surface area contributed by atoms with Crippen LogP contribution in [0.1, 0.15) is 46.0 Å². The van der Waals surface area contributed by atoms with Crippen molar-refractivity contribution in [3.8, 4) is 0 Å². The number of piperidine rings is 1. The number of fused-ring (bicyclic) bond motifs is 1. The molecule has 0 N–H and O–H groups in total. The second kappa shape index (κ2) is 7.32. The molecule has 2 aliphatic rings. The van der Waals surface area contributed by atoms with E-state index in [4.69, 9.17) is 9.47 Å². The van der Waals surface area contributed by atoms with Crippen molar-refractivity contribution in [3.05, 3.63) is 0 Å². The van der Waals surface area contributed by atoms with Gasteiger partial charge in [0, 0.05) is 12.0 Å². The number of hydrogen-bond donors (Lipinski definition) is 0. The second-order valence-electron chi connectivity index (χ2n) is 6.81. The average Bonchev–Trinajstić information content (AvgIpc) is 2.57. The summed E-state index contributed by atoms with van der Waals surface area (Å²) in [7, 11) is 2.76. The SMILES string of the molecule is COC(=O)[C@H]1CC[C@@H]2[C@@H](CCC[C@H]2C(=O)OC)N1C(=O)C(C)C. The molecule has 1 saturated carbocycles. The van der Waals surface area contributed by atoms with Crippen LogP contribution in [0.5, 0.6) is 0 Å². The molecule has 4 atom stereocenters. The van der Waals surface area contributed by atoms with Gasteiger partial charge in [-0.25, -0.2) is 4.79 Å². The van der Waals surface area contributed by atoms with Crippen molar-refractivity contribution in [1.82, 2.24) is 4.90 Å². The number of likely N-dealkylation sites (tertiary alicyclic amines) is 1. The van der Waals surface area contributed by atoms with E-state index >= 15 is 0 Å². The Labute approximate surface area is 137 Å². The number of amides is 1. The third kappa shape index (κ3) is 3.35. The third-order valence-corrected chi connectivity index (χ3v) is 5.22. The van der Waals surface area contributed by atoms with E-state index in [1.165, 1.54) is 14.2 Å². The Balaban J connectivity index is 2.32. The molecule has 6 heteroatoms. The molecular formula is C17H27NO5. The van der Waals surface area contributed by atoms with Crippen molar-refractivity contribution in [3.63, 3.8) is 0 Å². The number of ether oxygens (including phenoxy) is 2. The summed E-state index contributed by atoms with van der Waals surface area (Å²) >= 11 is 0. The molecule has 23 heavy (non-hydrogen) atoms. The smallest absolute Gasteiger partial charge is 0.328 e. The lowest BCUT2D eigenvalue weighted by atomic mass is 9.69. The van der Waals surface area contributed by atoms with Gasteiger partial charge >= 0.3 is 11.9 Å². The van der Waals surface area contributed by atoms with E-state index in [1.54, 1.807) is 4.90 Å². The van der Waals surface area contributed by atoms with Crippen LogP contribution < -0.4 is 0 Å². The van der Waals surface area contributed by atoms with Crippen molar-refractivity contribution >= 4 is 17.8 Å². The van der Waals surface area contributed by atoms with Gasteiger partial charge in [0.05, 0.1) is 20.1 Å². The minimum Gasteiger partial charge on any atom is -0.469 e. The van der Waals surface area contributed by atoms with Crippen LogP contribution in [-0.2, 0) is 23.9 Å². The number of carbonyl (C=O) groups excluding carboxylic acids is 3. The van der Waals surface area contributed by atoms with Gasteiger partial charge in [-0.05, 0) is 31.6 Å². The Bertz CT molecular complexity index is 476. The van der Waals surface area contributed by atoms with Gasteiger partial charge in [0.2, 0.25) is 5.91 Å². The maximum absolute atomic E-state index is 12.7. The standard InChI is InChI=1S/C17H27NO5/c1-10(2)15(19)18-13-7-5-6-12(16(20)22-3)11(13)8-9-14(18)17(21)23-4/h10-14H,5-9H2,1-4H3/t11-,12+,13+,14+/m0/s1. The first-order valence-electron chi connectivity index (χ1n) is 8.40. The highest BCUT2D eigenvalue weighted by Crippen LogP contribution is 2.42. The summed E-state index contributed by atoms with van der Waals surface area (Å²) in [4.78, 5) is 38.7. The number of esters is 2. The Kier molecular flexibility index (Phi) is 5.65. The molecule has 1 aliphatic heterocycles. The molecule has 130 valence electrons. The molecule has 0 bridgehead atoms. The molecule has 2 fully saturated rings. The molecule has 1 amide bonds. The third-order valence-electron chi connectivity index (χ3n) is 5.22. The van der Waals surface area contributed by atoms with Gasteiger partial charge in [-0.2, -0.15) is 0 Å². The van der Waals surface area contributed by atoms with E-state index in [0.29, 0.717) is 6.42 Å². The Morgan fingerprint density at radius 3 is 2.17 bits per heavy atom. The zero-order valence-electron chi connectivity index (χ0n) is 14.4. The summed E-state index contributed by atoms with van der Waals surface area (Å²) in [6, 6.07) is -0.617. The van der Waals surface area contributed by atoms with Crippen LogP contribution in [0, 0.1) is 17.8 Å². The molecule has 0 aromatic heterocycles. The van der Waals surface area contributed by atoms with Gasteiger partial charge in [0.1, 0.15) is 6.04 Å².